The quantitative estimate of drug-likeness (QED) is 0.788. The average Bonchev–Trinajstić information content (AvgIpc) is 2.68. The van der Waals surface area contributed by atoms with Crippen molar-refractivity contribution in [3.63, 3.8) is 0 Å². The van der Waals surface area contributed by atoms with Crippen molar-refractivity contribution in [2.75, 3.05) is 19.6 Å². The molecule has 1 aliphatic carbocycles. The number of nitrogens with one attached hydrogen (secondary N) is 1. The second-order valence-corrected chi connectivity index (χ2v) is 6.79. The molecule has 3 aliphatic rings. The van der Waals surface area contributed by atoms with Gasteiger partial charge in [0.15, 0.2) is 0 Å². The first kappa shape index (κ1) is 11.5. The van der Waals surface area contributed by atoms with Crippen LogP contribution in [0.3, 0.4) is 0 Å². The van der Waals surface area contributed by atoms with Crippen LogP contribution in [0.1, 0.15) is 33.6 Å². The Morgan fingerprint density at radius 3 is 2.71 bits per heavy atom. The summed E-state index contributed by atoms with van der Waals surface area (Å²) in [6, 6.07) is 0.499. The Labute approximate surface area is 104 Å². The molecule has 2 heterocycles. The summed E-state index contributed by atoms with van der Waals surface area (Å²) in [7, 11) is 0. The lowest BCUT2D eigenvalue weighted by Gasteiger charge is -2.27. The van der Waals surface area contributed by atoms with E-state index in [1.54, 1.807) is 0 Å². The Morgan fingerprint density at radius 2 is 2.12 bits per heavy atom. The zero-order valence-electron chi connectivity index (χ0n) is 11.2. The van der Waals surface area contributed by atoms with E-state index >= 15 is 0 Å². The number of fused-ring (bicyclic) bond motifs is 1. The van der Waals surface area contributed by atoms with E-state index in [1.165, 1.54) is 0 Å². The van der Waals surface area contributed by atoms with Crippen LogP contribution in [0.2, 0.25) is 0 Å². The largest absolute Gasteiger partial charge is 0.339 e. The van der Waals surface area contributed by atoms with E-state index in [9.17, 15) is 4.79 Å². The molecule has 2 saturated heterocycles. The molecule has 17 heavy (non-hydrogen) atoms. The van der Waals surface area contributed by atoms with Crippen molar-refractivity contribution in [3.05, 3.63) is 0 Å². The number of carbonyl (C=O) groups excluding carboxylic acids is 1. The second-order valence-electron chi connectivity index (χ2n) is 6.79. The maximum absolute atomic E-state index is 12.5. The van der Waals surface area contributed by atoms with Crippen LogP contribution < -0.4 is 5.32 Å². The minimum Gasteiger partial charge on any atom is -0.339 e. The highest BCUT2D eigenvalue weighted by molar-refractivity contribution is 5.83. The molecule has 3 nitrogen and oxygen atoms in total. The fourth-order valence-corrected chi connectivity index (χ4v) is 3.89. The van der Waals surface area contributed by atoms with Crippen molar-refractivity contribution in [3.8, 4) is 0 Å². The molecule has 0 aromatic carbocycles. The van der Waals surface area contributed by atoms with Gasteiger partial charge in [-0.25, -0.2) is 0 Å². The Bertz CT molecular complexity index is 339. The molecular formula is C14H24N2O. The van der Waals surface area contributed by atoms with E-state index < -0.39 is 0 Å². The first-order valence-corrected chi connectivity index (χ1v) is 7.06. The zero-order valence-corrected chi connectivity index (χ0v) is 11.2. The molecule has 0 aromatic heterocycles. The monoisotopic (exact) mass is 236 g/mol. The molecule has 0 bridgehead atoms. The summed E-state index contributed by atoms with van der Waals surface area (Å²) in [4.78, 5) is 14.7. The molecule has 1 N–H and O–H groups in total. The zero-order chi connectivity index (χ0) is 12.2. The summed E-state index contributed by atoms with van der Waals surface area (Å²) in [6.07, 6.45) is 2.20. The average molecular weight is 236 g/mol. The predicted molar refractivity (Wildman–Crippen MR) is 67.5 cm³/mol. The maximum atomic E-state index is 12.5. The third kappa shape index (κ3) is 1.70. The van der Waals surface area contributed by atoms with E-state index in [2.05, 4.69) is 31.0 Å². The predicted octanol–water partition coefficient (Wildman–Crippen LogP) is 1.49. The summed E-state index contributed by atoms with van der Waals surface area (Å²) in [6.45, 7) is 9.88. The van der Waals surface area contributed by atoms with E-state index in [1.807, 2.05) is 0 Å². The highest BCUT2D eigenvalue weighted by atomic mass is 16.2. The molecule has 1 amide bonds. The molecule has 0 radical (unpaired) electrons. The molecule has 3 heteroatoms. The van der Waals surface area contributed by atoms with Gasteiger partial charge < -0.3 is 10.2 Å². The molecule has 96 valence electrons. The van der Waals surface area contributed by atoms with Crippen molar-refractivity contribution < 1.29 is 4.79 Å². The molecule has 0 spiro atoms. The van der Waals surface area contributed by atoms with Crippen molar-refractivity contribution in [2.24, 2.45) is 23.2 Å². The fraction of sp³-hybridized carbons (Fsp3) is 0.929. The van der Waals surface area contributed by atoms with Crippen LogP contribution in [0.5, 0.6) is 0 Å². The summed E-state index contributed by atoms with van der Waals surface area (Å²) in [5.74, 6) is 2.18. The van der Waals surface area contributed by atoms with Gasteiger partial charge in [0, 0.05) is 31.6 Å². The van der Waals surface area contributed by atoms with Crippen molar-refractivity contribution in [2.45, 2.75) is 39.7 Å². The minimum atomic E-state index is 0.269. The summed E-state index contributed by atoms with van der Waals surface area (Å²) >= 11 is 0. The Kier molecular flexibility index (Phi) is 2.51. The van der Waals surface area contributed by atoms with Crippen LogP contribution in [0.15, 0.2) is 0 Å². The first-order chi connectivity index (χ1) is 8.04. The number of amides is 1. The standard InChI is InChI=1S/C14H24N2O/c1-4-12-10-7-15-6-9(10)8-16(12)13(17)11-5-14(11,2)3/h9-12,15H,4-8H2,1-3H3. The first-order valence-electron chi connectivity index (χ1n) is 7.06. The lowest BCUT2D eigenvalue weighted by atomic mass is 9.93. The van der Waals surface area contributed by atoms with Gasteiger partial charge in [0.05, 0.1) is 0 Å². The van der Waals surface area contributed by atoms with Gasteiger partial charge in [-0.1, -0.05) is 20.8 Å². The van der Waals surface area contributed by atoms with E-state index in [4.69, 9.17) is 0 Å². The van der Waals surface area contributed by atoms with Gasteiger partial charge in [0.1, 0.15) is 0 Å². The smallest absolute Gasteiger partial charge is 0.226 e. The topological polar surface area (TPSA) is 32.3 Å². The van der Waals surface area contributed by atoms with E-state index in [0.717, 1.165) is 32.5 Å². The number of rotatable bonds is 2. The normalized spacial score (nSPS) is 42.6. The molecule has 3 fully saturated rings. The number of likely N-dealkylation sites (tertiary alicyclic amines) is 1. The third-order valence-electron chi connectivity index (χ3n) is 5.23. The Balaban J connectivity index is 1.73. The highest BCUT2D eigenvalue weighted by Crippen LogP contribution is 2.53. The van der Waals surface area contributed by atoms with Crippen molar-refractivity contribution >= 4 is 5.91 Å². The fourth-order valence-electron chi connectivity index (χ4n) is 3.89. The van der Waals surface area contributed by atoms with Crippen LogP contribution in [-0.4, -0.2) is 36.5 Å². The number of hydrogen-bond donors (Lipinski definition) is 1. The lowest BCUT2D eigenvalue weighted by molar-refractivity contribution is -0.134. The van der Waals surface area contributed by atoms with Gasteiger partial charge in [0.25, 0.3) is 0 Å². The van der Waals surface area contributed by atoms with Gasteiger partial charge in [-0.3, -0.25) is 4.79 Å². The van der Waals surface area contributed by atoms with Crippen LogP contribution in [0.25, 0.3) is 0 Å². The molecule has 1 saturated carbocycles. The summed E-state index contributed by atoms with van der Waals surface area (Å²) in [5.41, 5.74) is 0.269. The van der Waals surface area contributed by atoms with Gasteiger partial charge >= 0.3 is 0 Å². The second kappa shape index (κ2) is 3.71. The van der Waals surface area contributed by atoms with Crippen LogP contribution in [0, 0.1) is 23.2 Å². The lowest BCUT2D eigenvalue weighted by Crippen LogP contribution is -2.41. The Hall–Kier alpha value is -0.570. The van der Waals surface area contributed by atoms with Crippen molar-refractivity contribution in [1.29, 1.82) is 0 Å². The molecule has 3 rings (SSSR count). The number of nitrogens with zero attached hydrogens (tertiary/aromatic N) is 1. The van der Waals surface area contributed by atoms with Crippen LogP contribution in [0.4, 0.5) is 0 Å². The molecule has 0 aromatic rings. The van der Waals surface area contributed by atoms with Crippen LogP contribution in [-0.2, 0) is 4.79 Å². The summed E-state index contributed by atoms with van der Waals surface area (Å²) < 4.78 is 0. The molecular weight excluding hydrogens is 212 g/mol. The van der Waals surface area contributed by atoms with Crippen LogP contribution >= 0.6 is 0 Å². The van der Waals surface area contributed by atoms with E-state index in [0.29, 0.717) is 29.7 Å². The van der Waals surface area contributed by atoms with Gasteiger partial charge in [-0.2, -0.15) is 0 Å². The number of hydrogen-bond acceptors (Lipinski definition) is 2. The maximum Gasteiger partial charge on any atom is 0.226 e. The minimum absolute atomic E-state index is 0.269. The Morgan fingerprint density at radius 1 is 1.41 bits per heavy atom. The molecule has 4 atom stereocenters. The highest BCUT2D eigenvalue weighted by Gasteiger charge is 2.55. The van der Waals surface area contributed by atoms with Gasteiger partial charge in [0.2, 0.25) is 5.91 Å². The van der Waals surface area contributed by atoms with Gasteiger partial charge in [-0.15, -0.1) is 0 Å². The van der Waals surface area contributed by atoms with Gasteiger partial charge in [-0.05, 0) is 30.1 Å². The van der Waals surface area contributed by atoms with Crippen molar-refractivity contribution in [1.82, 2.24) is 10.2 Å². The third-order valence-corrected chi connectivity index (χ3v) is 5.23. The molecule has 4 unspecified atom stereocenters. The SMILES string of the molecule is CCC1C2CNCC2CN1C(=O)C1CC1(C)C. The molecule has 2 aliphatic heterocycles. The van der Waals surface area contributed by atoms with E-state index in [-0.39, 0.29) is 5.41 Å². The summed E-state index contributed by atoms with van der Waals surface area (Å²) in [5, 5.41) is 3.47. The number of carbonyl (C=O) groups is 1.